The molecule has 1 aliphatic rings. The van der Waals surface area contributed by atoms with Crippen molar-refractivity contribution in [2.24, 2.45) is 0 Å². The normalized spacial score (nSPS) is 15.2. The second kappa shape index (κ2) is 5.65. The highest BCUT2D eigenvalue weighted by atomic mass is 19.1. The summed E-state index contributed by atoms with van der Waals surface area (Å²) in [4.78, 5) is 6.18. The number of hydrogen-bond acceptors (Lipinski definition) is 3. The molecule has 1 fully saturated rings. The van der Waals surface area contributed by atoms with Gasteiger partial charge in [-0.2, -0.15) is 0 Å². The molecule has 1 aromatic heterocycles. The highest BCUT2D eigenvalue weighted by Crippen LogP contribution is 2.23. The van der Waals surface area contributed by atoms with E-state index in [0.717, 1.165) is 6.54 Å². The van der Waals surface area contributed by atoms with E-state index in [-0.39, 0.29) is 11.9 Å². The highest BCUT2D eigenvalue weighted by molar-refractivity contribution is 5.43. The first-order chi connectivity index (χ1) is 8.63. The van der Waals surface area contributed by atoms with Crippen LogP contribution in [0, 0.1) is 5.82 Å². The molecule has 18 heavy (non-hydrogen) atoms. The summed E-state index contributed by atoms with van der Waals surface area (Å²) in [6.07, 6.45) is 4.13. The van der Waals surface area contributed by atoms with Crippen LogP contribution in [0.4, 0.5) is 10.2 Å². The van der Waals surface area contributed by atoms with E-state index < -0.39 is 0 Å². The molecule has 1 aromatic rings. The van der Waals surface area contributed by atoms with Crippen molar-refractivity contribution in [1.29, 1.82) is 0 Å². The SMILES string of the molecule is CCN(c1nccc(CNC2CC2)c1F)C(C)C. The third kappa shape index (κ3) is 2.99. The molecule has 0 unspecified atom stereocenters. The first-order valence-electron chi connectivity index (χ1n) is 6.76. The molecule has 0 radical (unpaired) electrons. The average molecular weight is 251 g/mol. The van der Waals surface area contributed by atoms with Crippen LogP contribution in [0.5, 0.6) is 0 Å². The molecule has 1 aliphatic carbocycles. The Morgan fingerprint density at radius 1 is 1.50 bits per heavy atom. The quantitative estimate of drug-likeness (QED) is 0.842. The number of aromatic nitrogens is 1. The molecule has 100 valence electrons. The minimum atomic E-state index is -0.179. The maximum atomic E-state index is 14.4. The van der Waals surface area contributed by atoms with E-state index in [9.17, 15) is 4.39 Å². The van der Waals surface area contributed by atoms with Crippen molar-refractivity contribution in [2.45, 2.75) is 52.2 Å². The lowest BCUT2D eigenvalue weighted by molar-refractivity contribution is 0.565. The fourth-order valence-corrected chi connectivity index (χ4v) is 2.11. The lowest BCUT2D eigenvalue weighted by Crippen LogP contribution is -2.32. The van der Waals surface area contributed by atoms with Crippen molar-refractivity contribution in [3.8, 4) is 0 Å². The lowest BCUT2D eigenvalue weighted by Gasteiger charge is -2.27. The summed E-state index contributed by atoms with van der Waals surface area (Å²) < 4.78 is 14.4. The van der Waals surface area contributed by atoms with Gasteiger partial charge >= 0.3 is 0 Å². The van der Waals surface area contributed by atoms with Gasteiger partial charge in [0.15, 0.2) is 11.6 Å². The predicted molar refractivity (Wildman–Crippen MR) is 72.2 cm³/mol. The molecular formula is C14H22FN3. The monoisotopic (exact) mass is 251 g/mol. The molecule has 3 nitrogen and oxygen atoms in total. The van der Waals surface area contributed by atoms with E-state index in [2.05, 4.69) is 24.1 Å². The standard InChI is InChI=1S/C14H22FN3/c1-4-18(10(2)3)14-13(15)11(7-8-16-14)9-17-12-5-6-12/h7-8,10,12,17H,4-6,9H2,1-3H3. The van der Waals surface area contributed by atoms with Crippen molar-refractivity contribution in [2.75, 3.05) is 11.4 Å². The van der Waals surface area contributed by atoms with Gasteiger partial charge in [-0.05, 0) is 39.7 Å². The molecule has 0 aromatic carbocycles. The minimum absolute atomic E-state index is 0.179. The molecule has 0 atom stereocenters. The summed E-state index contributed by atoms with van der Waals surface area (Å²) in [5.41, 5.74) is 0.714. The van der Waals surface area contributed by atoms with E-state index in [1.807, 2.05) is 11.8 Å². The van der Waals surface area contributed by atoms with Crippen LogP contribution in [0.1, 0.15) is 39.2 Å². The van der Waals surface area contributed by atoms with E-state index >= 15 is 0 Å². The summed E-state index contributed by atoms with van der Waals surface area (Å²) in [5, 5.41) is 3.34. The Kier molecular flexibility index (Phi) is 4.17. The molecular weight excluding hydrogens is 229 g/mol. The minimum Gasteiger partial charge on any atom is -0.352 e. The highest BCUT2D eigenvalue weighted by Gasteiger charge is 2.22. The van der Waals surface area contributed by atoms with E-state index in [1.165, 1.54) is 12.8 Å². The van der Waals surface area contributed by atoms with E-state index in [4.69, 9.17) is 0 Å². The van der Waals surface area contributed by atoms with Crippen molar-refractivity contribution in [3.63, 3.8) is 0 Å². The fourth-order valence-electron chi connectivity index (χ4n) is 2.11. The summed E-state index contributed by atoms with van der Waals surface area (Å²) in [5.74, 6) is 0.295. The molecule has 1 N–H and O–H groups in total. The number of halogens is 1. The molecule has 0 bridgehead atoms. The molecule has 1 saturated carbocycles. The van der Waals surface area contributed by atoms with Crippen LogP contribution in [0.3, 0.4) is 0 Å². The summed E-state index contributed by atoms with van der Waals surface area (Å²) in [6, 6.07) is 2.61. The summed E-state index contributed by atoms with van der Waals surface area (Å²) >= 11 is 0. The van der Waals surface area contributed by atoms with Gasteiger partial charge in [0.05, 0.1) is 0 Å². The molecule has 0 spiro atoms. The molecule has 0 amide bonds. The predicted octanol–water partition coefficient (Wildman–Crippen LogP) is 2.71. The number of rotatable bonds is 6. The number of nitrogens with zero attached hydrogens (tertiary/aromatic N) is 2. The fraction of sp³-hybridized carbons (Fsp3) is 0.643. The second-order valence-electron chi connectivity index (χ2n) is 5.14. The van der Waals surface area contributed by atoms with Crippen LogP contribution in [-0.4, -0.2) is 23.6 Å². The van der Waals surface area contributed by atoms with Crippen LogP contribution in [0.25, 0.3) is 0 Å². The Balaban J connectivity index is 2.16. The second-order valence-corrected chi connectivity index (χ2v) is 5.14. The first kappa shape index (κ1) is 13.3. The Morgan fingerprint density at radius 3 is 2.78 bits per heavy atom. The maximum absolute atomic E-state index is 14.4. The van der Waals surface area contributed by atoms with Gasteiger partial charge < -0.3 is 10.2 Å². The summed E-state index contributed by atoms with van der Waals surface area (Å²) in [7, 11) is 0. The maximum Gasteiger partial charge on any atom is 0.170 e. The Hall–Kier alpha value is -1.16. The van der Waals surface area contributed by atoms with Gasteiger partial charge in [-0.15, -0.1) is 0 Å². The van der Waals surface area contributed by atoms with Crippen molar-refractivity contribution >= 4 is 5.82 Å². The molecule has 0 saturated heterocycles. The number of hydrogen-bond donors (Lipinski definition) is 1. The molecule has 1 heterocycles. The molecule has 0 aliphatic heterocycles. The largest absolute Gasteiger partial charge is 0.352 e. The van der Waals surface area contributed by atoms with Gasteiger partial charge in [0.2, 0.25) is 0 Å². The zero-order chi connectivity index (χ0) is 13.1. The number of pyridine rings is 1. The van der Waals surface area contributed by atoms with Gasteiger partial charge in [0.1, 0.15) is 0 Å². The lowest BCUT2D eigenvalue weighted by atomic mass is 10.2. The Morgan fingerprint density at radius 2 is 2.22 bits per heavy atom. The van der Waals surface area contributed by atoms with Gasteiger partial charge in [-0.25, -0.2) is 9.37 Å². The van der Waals surface area contributed by atoms with Crippen LogP contribution >= 0.6 is 0 Å². The third-order valence-corrected chi connectivity index (χ3v) is 3.35. The zero-order valence-corrected chi connectivity index (χ0v) is 11.4. The number of nitrogens with one attached hydrogen (secondary N) is 1. The average Bonchev–Trinajstić information content (AvgIpc) is 3.14. The smallest absolute Gasteiger partial charge is 0.170 e. The van der Waals surface area contributed by atoms with Gasteiger partial charge in [0.25, 0.3) is 0 Å². The van der Waals surface area contributed by atoms with Crippen molar-refractivity contribution in [1.82, 2.24) is 10.3 Å². The topological polar surface area (TPSA) is 28.2 Å². The Bertz CT molecular complexity index is 402. The van der Waals surface area contributed by atoms with Crippen molar-refractivity contribution < 1.29 is 4.39 Å². The third-order valence-electron chi connectivity index (χ3n) is 3.35. The van der Waals surface area contributed by atoms with Crippen LogP contribution < -0.4 is 10.2 Å². The zero-order valence-electron chi connectivity index (χ0n) is 11.4. The van der Waals surface area contributed by atoms with E-state index in [0.29, 0.717) is 24.0 Å². The Labute approximate surface area is 108 Å². The molecule has 4 heteroatoms. The van der Waals surface area contributed by atoms with Crippen LogP contribution in [0.2, 0.25) is 0 Å². The molecule has 2 rings (SSSR count). The van der Waals surface area contributed by atoms with Crippen LogP contribution in [0.15, 0.2) is 12.3 Å². The van der Waals surface area contributed by atoms with E-state index in [1.54, 1.807) is 12.3 Å². The number of anilines is 1. The first-order valence-corrected chi connectivity index (χ1v) is 6.76. The van der Waals surface area contributed by atoms with Gasteiger partial charge in [-0.1, -0.05) is 0 Å². The van der Waals surface area contributed by atoms with Crippen molar-refractivity contribution in [3.05, 3.63) is 23.6 Å². The van der Waals surface area contributed by atoms with Gasteiger partial charge in [0, 0.05) is 36.9 Å². The summed E-state index contributed by atoms with van der Waals surface area (Å²) in [6.45, 7) is 7.50. The van der Waals surface area contributed by atoms with Crippen LogP contribution in [-0.2, 0) is 6.54 Å². The van der Waals surface area contributed by atoms with Gasteiger partial charge in [-0.3, -0.25) is 0 Å².